The first-order chi connectivity index (χ1) is 3.91. The molecule has 0 spiro atoms. The number of alkyl halides is 1. The van der Waals surface area contributed by atoms with E-state index in [-0.39, 0.29) is 0 Å². The van der Waals surface area contributed by atoms with Crippen molar-refractivity contribution >= 4 is 18.1 Å². The summed E-state index contributed by atoms with van der Waals surface area (Å²) in [5.41, 5.74) is 0. The van der Waals surface area contributed by atoms with Crippen LogP contribution in [-0.2, 0) is 9.53 Å². The van der Waals surface area contributed by atoms with Gasteiger partial charge in [0, 0.05) is 5.88 Å². The van der Waals surface area contributed by atoms with Gasteiger partial charge < -0.3 is 4.74 Å². The van der Waals surface area contributed by atoms with Crippen molar-refractivity contribution in [3.8, 4) is 0 Å². The highest BCUT2D eigenvalue weighted by molar-refractivity contribution is 6.18. The minimum absolute atomic E-state index is 0.316. The van der Waals surface area contributed by atoms with E-state index in [1.165, 1.54) is 0 Å². The Kier molecular flexibility index (Phi) is 6.09. The minimum atomic E-state index is 0.316. The zero-order valence-electron chi connectivity index (χ0n) is 4.34. The molecule has 0 radical (unpaired) electrons. The first kappa shape index (κ1) is 7.50. The lowest BCUT2D eigenvalue weighted by atomic mass is 10.6. The van der Waals surface area contributed by atoms with E-state index >= 15 is 0 Å². The third-order valence-electron chi connectivity index (χ3n) is 0.516. The maximum Gasteiger partial charge on any atom is 0.293 e. The molecule has 0 rings (SSSR count). The first-order valence-corrected chi connectivity index (χ1v) is 2.71. The fourth-order valence-corrected chi connectivity index (χ4v) is 0.352. The molecule has 0 aliphatic heterocycles. The van der Waals surface area contributed by atoms with E-state index in [2.05, 4.69) is 4.74 Å². The Labute approximate surface area is 53.1 Å². The monoisotopic (exact) mass is 134 g/mol. The van der Waals surface area contributed by atoms with Crippen LogP contribution in [0.2, 0.25) is 0 Å². The van der Waals surface area contributed by atoms with Gasteiger partial charge in [-0.3, -0.25) is 4.79 Å². The Morgan fingerprint density at radius 2 is 2.25 bits per heavy atom. The first-order valence-electron chi connectivity index (χ1n) is 2.18. The molecule has 46 valence electrons. The number of rotatable bonds is 4. The number of ether oxygens (including phenoxy) is 1. The highest BCUT2D eigenvalue weighted by Gasteiger charge is 1.71. The number of carbonyl (C=O) groups is 1. The van der Waals surface area contributed by atoms with Gasteiger partial charge in [-0.25, -0.2) is 0 Å². The molecule has 0 aromatic heterocycles. The highest BCUT2D eigenvalue weighted by Crippen LogP contribution is 1.77. The van der Waals surface area contributed by atoms with Crippen LogP contribution in [0.1, 0.15) is 0 Å². The smallest absolute Gasteiger partial charge is 0.293 e. The van der Waals surface area contributed by atoms with Crippen molar-refractivity contribution in [2.75, 3.05) is 12.5 Å². The second kappa shape index (κ2) is 6.50. The van der Waals surface area contributed by atoms with Crippen molar-refractivity contribution in [1.29, 1.82) is 0 Å². The van der Waals surface area contributed by atoms with E-state index in [4.69, 9.17) is 11.6 Å². The van der Waals surface area contributed by atoms with Crippen molar-refractivity contribution in [3.63, 3.8) is 0 Å². The van der Waals surface area contributed by atoms with Crippen LogP contribution in [0.25, 0.3) is 0 Å². The fourth-order valence-electron chi connectivity index (χ4n) is 0.226. The molecule has 0 heterocycles. The van der Waals surface area contributed by atoms with Crippen molar-refractivity contribution in [1.82, 2.24) is 0 Å². The van der Waals surface area contributed by atoms with E-state index in [9.17, 15) is 4.79 Å². The van der Waals surface area contributed by atoms with E-state index < -0.39 is 0 Å². The third kappa shape index (κ3) is 5.50. The molecule has 0 atom stereocenters. The van der Waals surface area contributed by atoms with Gasteiger partial charge in [-0.1, -0.05) is 12.2 Å². The predicted molar refractivity (Wildman–Crippen MR) is 31.9 cm³/mol. The lowest BCUT2D eigenvalue weighted by molar-refractivity contribution is -0.127. The lowest BCUT2D eigenvalue weighted by Gasteiger charge is -1.85. The number of halogens is 1. The van der Waals surface area contributed by atoms with E-state index in [1.54, 1.807) is 12.2 Å². The molecule has 0 amide bonds. The Bertz CT molecular complexity index is 80.5. The summed E-state index contributed by atoms with van der Waals surface area (Å²) < 4.78 is 4.31. The quantitative estimate of drug-likeness (QED) is 0.248. The molecule has 0 aromatic rings. The number of carbonyl (C=O) groups excluding carboxylic acids is 1. The van der Waals surface area contributed by atoms with Crippen LogP contribution in [0.4, 0.5) is 0 Å². The topological polar surface area (TPSA) is 26.3 Å². The molecule has 8 heavy (non-hydrogen) atoms. The summed E-state index contributed by atoms with van der Waals surface area (Å²) in [7, 11) is 0. The van der Waals surface area contributed by atoms with E-state index in [0.29, 0.717) is 19.0 Å². The number of hydrogen-bond donors (Lipinski definition) is 0. The lowest BCUT2D eigenvalue weighted by Crippen LogP contribution is -1.84. The van der Waals surface area contributed by atoms with E-state index in [1.807, 2.05) is 0 Å². The number of allylic oxidation sites excluding steroid dienone is 1. The molecule has 0 bridgehead atoms. The third-order valence-corrected chi connectivity index (χ3v) is 0.694. The minimum Gasteiger partial charge on any atom is -0.464 e. The summed E-state index contributed by atoms with van der Waals surface area (Å²) in [4.78, 5) is 9.48. The van der Waals surface area contributed by atoms with Gasteiger partial charge in [0.2, 0.25) is 0 Å². The Hall–Kier alpha value is -0.500. The van der Waals surface area contributed by atoms with Gasteiger partial charge in [-0.05, 0) is 0 Å². The van der Waals surface area contributed by atoms with Crippen molar-refractivity contribution in [2.45, 2.75) is 0 Å². The molecule has 0 saturated carbocycles. The summed E-state index contributed by atoms with van der Waals surface area (Å²) in [6.45, 7) is 0.717. The molecule has 0 N–H and O–H groups in total. The van der Waals surface area contributed by atoms with Gasteiger partial charge in [0.15, 0.2) is 0 Å². The summed E-state index contributed by atoms with van der Waals surface area (Å²) in [5.74, 6) is 0.461. The summed E-state index contributed by atoms with van der Waals surface area (Å²) in [6, 6.07) is 0. The van der Waals surface area contributed by atoms with Crippen LogP contribution in [0.15, 0.2) is 12.2 Å². The van der Waals surface area contributed by atoms with Crippen LogP contribution in [-0.4, -0.2) is 19.0 Å². The largest absolute Gasteiger partial charge is 0.464 e. The van der Waals surface area contributed by atoms with Gasteiger partial charge >= 0.3 is 0 Å². The molecule has 0 aliphatic carbocycles. The Morgan fingerprint density at radius 1 is 1.50 bits per heavy atom. The molecule has 0 unspecified atom stereocenters. The van der Waals surface area contributed by atoms with Crippen LogP contribution >= 0.6 is 11.6 Å². The highest BCUT2D eigenvalue weighted by atomic mass is 35.5. The molecule has 0 aliphatic rings. The Balaban J connectivity index is 2.90. The van der Waals surface area contributed by atoms with Gasteiger partial charge in [0.1, 0.15) is 6.61 Å². The zero-order chi connectivity index (χ0) is 6.24. The maximum absolute atomic E-state index is 9.48. The van der Waals surface area contributed by atoms with Gasteiger partial charge in [-0.2, -0.15) is 0 Å². The van der Waals surface area contributed by atoms with Crippen LogP contribution < -0.4 is 0 Å². The Morgan fingerprint density at radius 3 is 2.75 bits per heavy atom. The standard InChI is InChI=1S/C5H7ClO2/c6-3-1-2-4-8-5-7/h1-2,5H,3-4H2/b2-1+. The zero-order valence-corrected chi connectivity index (χ0v) is 5.10. The summed E-state index contributed by atoms with van der Waals surface area (Å²) in [6.07, 6.45) is 3.40. The predicted octanol–water partition coefficient (Wildman–Crippen LogP) is 0.954. The fraction of sp³-hybridized carbons (Fsp3) is 0.400. The van der Waals surface area contributed by atoms with Crippen LogP contribution in [0.5, 0.6) is 0 Å². The average Bonchev–Trinajstić information content (AvgIpc) is 1.81. The number of hydrogen-bond acceptors (Lipinski definition) is 2. The molecule has 3 heteroatoms. The SMILES string of the molecule is O=COC/C=C/CCl. The average molecular weight is 135 g/mol. The molecule has 0 aromatic carbocycles. The van der Waals surface area contributed by atoms with Crippen molar-refractivity contribution in [3.05, 3.63) is 12.2 Å². The van der Waals surface area contributed by atoms with Crippen LogP contribution in [0.3, 0.4) is 0 Å². The van der Waals surface area contributed by atoms with Crippen molar-refractivity contribution in [2.24, 2.45) is 0 Å². The van der Waals surface area contributed by atoms with Crippen LogP contribution in [0, 0.1) is 0 Å². The molecular weight excluding hydrogens is 128 g/mol. The molecule has 0 fully saturated rings. The summed E-state index contributed by atoms with van der Waals surface area (Å²) in [5, 5.41) is 0. The molecular formula is C5H7ClO2. The van der Waals surface area contributed by atoms with Crippen molar-refractivity contribution < 1.29 is 9.53 Å². The van der Waals surface area contributed by atoms with Gasteiger partial charge in [-0.15, -0.1) is 11.6 Å². The molecule has 2 nitrogen and oxygen atoms in total. The van der Waals surface area contributed by atoms with E-state index in [0.717, 1.165) is 0 Å². The second-order valence-corrected chi connectivity index (χ2v) is 1.36. The normalized spacial score (nSPS) is 9.62. The maximum atomic E-state index is 9.48. The van der Waals surface area contributed by atoms with Gasteiger partial charge in [0.05, 0.1) is 0 Å². The summed E-state index contributed by atoms with van der Waals surface area (Å²) >= 11 is 5.25. The molecule has 0 saturated heterocycles. The van der Waals surface area contributed by atoms with Gasteiger partial charge in [0.25, 0.3) is 6.47 Å². The second-order valence-electron chi connectivity index (χ2n) is 1.06.